The van der Waals surface area contributed by atoms with Gasteiger partial charge in [0.1, 0.15) is 6.10 Å². The number of rotatable bonds is 48. The molecule has 0 aliphatic carbocycles. The fourth-order valence-corrected chi connectivity index (χ4v) is 8.56. The van der Waals surface area contributed by atoms with Gasteiger partial charge in [-0.3, -0.25) is 9.59 Å². The number of carbonyl (C=O) groups is 3. The summed E-state index contributed by atoms with van der Waals surface area (Å²) in [5, 5.41) is 2.97. The van der Waals surface area contributed by atoms with Gasteiger partial charge in [-0.2, -0.15) is 0 Å². The Hall–Kier alpha value is -1.87. The van der Waals surface area contributed by atoms with Crippen molar-refractivity contribution in [1.29, 1.82) is 0 Å². The second-order valence-electron chi connectivity index (χ2n) is 19.4. The van der Waals surface area contributed by atoms with Crippen LogP contribution in [0.1, 0.15) is 252 Å². The quantitative estimate of drug-likeness (QED) is 0.0366. The number of hydrogen-bond acceptors (Lipinski definition) is 8. The molecular weight excluding hydrogens is 787 g/mol. The topological polar surface area (TPSA) is 97.4 Å². The average molecular weight is 894 g/mol. The predicted molar refractivity (Wildman–Crippen MR) is 268 cm³/mol. The standard InChI is InChI=1S/C54H107N3O6/c1-8-12-16-20-24-28-37-49(38-29-25-21-17-13-9-2)52(58)61-47-34-41-51(63-54(60)55-43-36-46-57(7)45-33-32-44-56(5)6)42-35-48-62-53(59)50(39-30-26-22-18-14-10-3)40-31-27-23-19-15-11-4/h49-51H,8-48H2,1-7H3,(H,55,60). The zero-order chi connectivity index (χ0) is 46.4. The Kier molecular flexibility index (Phi) is 45.3. The molecule has 9 nitrogen and oxygen atoms in total. The molecule has 63 heavy (non-hydrogen) atoms. The zero-order valence-electron chi connectivity index (χ0n) is 43.1. The Morgan fingerprint density at radius 1 is 0.413 bits per heavy atom. The number of unbranched alkanes of at least 4 members (excludes halogenated alkanes) is 21. The molecule has 0 spiro atoms. The average Bonchev–Trinajstić information content (AvgIpc) is 3.26. The number of nitrogens with zero attached hydrogens (tertiary/aromatic N) is 2. The first-order chi connectivity index (χ1) is 30.7. The lowest BCUT2D eigenvalue weighted by molar-refractivity contribution is -0.150. The molecule has 0 heterocycles. The van der Waals surface area contributed by atoms with Gasteiger partial charge < -0.3 is 29.3 Å². The van der Waals surface area contributed by atoms with E-state index in [2.05, 4.69) is 64.0 Å². The summed E-state index contributed by atoms with van der Waals surface area (Å²) in [5.74, 6) is -0.174. The highest BCUT2D eigenvalue weighted by Crippen LogP contribution is 2.23. The van der Waals surface area contributed by atoms with E-state index in [1.54, 1.807) is 0 Å². The summed E-state index contributed by atoms with van der Waals surface area (Å²) < 4.78 is 17.9. The van der Waals surface area contributed by atoms with Gasteiger partial charge in [0.15, 0.2) is 0 Å². The third-order valence-corrected chi connectivity index (χ3v) is 12.8. The van der Waals surface area contributed by atoms with Crippen molar-refractivity contribution in [2.45, 2.75) is 259 Å². The van der Waals surface area contributed by atoms with Crippen LogP contribution in [0.25, 0.3) is 0 Å². The van der Waals surface area contributed by atoms with Gasteiger partial charge in [0.05, 0.1) is 25.0 Å². The van der Waals surface area contributed by atoms with Crippen molar-refractivity contribution >= 4 is 18.0 Å². The second-order valence-corrected chi connectivity index (χ2v) is 19.4. The molecule has 374 valence electrons. The van der Waals surface area contributed by atoms with Gasteiger partial charge in [-0.1, -0.05) is 182 Å². The van der Waals surface area contributed by atoms with Gasteiger partial charge in [0.25, 0.3) is 0 Å². The highest BCUT2D eigenvalue weighted by molar-refractivity contribution is 5.72. The summed E-state index contributed by atoms with van der Waals surface area (Å²) in [5.41, 5.74) is 0. The smallest absolute Gasteiger partial charge is 0.407 e. The summed E-state index contributed by atoms with van der Waals surface area (Å²) in [7, 11) is 6.36. The number of carbonyl (C=O) groups excluding carboxylic acids is 3. The van der Waals surface area contributed by atoms with Crippen molar-refractivity contribution in [3.8, 4) is 0 Å². The molecule has 0 aromatic rings. The van der Waals surface area contributed by atoms with Crippen LogP contribution in [0.2, 0.25) is 0 Å². The zero-order valence-corrected chi connectivity index (χ0v) is 43.1. The number of ether oxygens (including phenoxy) is 3. The molecule has 0 bridgehead atoms. The first-order valence-electron chi connectivity index (χ1n) is 27.3. The largest absolute Gasteiger partial charge is 0.465 e. The molecule has 0 radical (unpaired) electrons. The minimum Gasteiger partial charge on any atom is -0.465 e. The monoisotopic (exact) mass is 894 g/mol. The van der Waals surface area contributed by atoms with E-state index in [9.17, 15) is 14.4 Å². The molecule has 0 saturated heterocycles. The summed E-state index contributed by atoms with van der Waals surface area (Å²) in [6, 6.07) is 0. The third-order valence-electron chi connectivity index (χ3n) is 12.8. The third kappa shape index (κ3) is 41.3. The molecular formula is C54H107N3O6. The number of esters is 2. The normalized spacial score (nSPS) is 11.7. The van der Waals surface area contributed by atoms with E-state index >= 15 is 0 Å². The minimum atomic E-state index is -0.404. The SMILES string of the molecule is CCCCCCCCC(CCCCCCCC)C(=O)OCCCC(CCCOC(=O)C(CCCCCCCC)CCCCCCCC)OC(=O)NCCCN(C)CCCCN(C)C. The van der Waals surface area contributed by atoms with E-state index in [1.807, 2.05) is 0 Å². The van der Waals surface area contributed by atoms with Crippen molar-refractivity contribution < 1.29 is 28.6 Å². The maximum atomic E-state index is 13.4. The minimum absolute atomic E-state index is 0.0297. The molecule has 0 aliphatic heterocycles. The Morgan fingerprint density at radius 3 is 1.14 bits per heavy atom. The molecule has 0 rings (SSSR count). The lowest BCUT2D eigenvalue weighted by atomic mass is 9.94. The van der Waals surface area contributed by atoms with Crippen molar-refractivity contribution in [1.82, 2.24) is 15.1 Å². The van der Waals surface area contributed by atoms with Crippen molar-refractivity contribution in [3.05, 3.63) is 0 Å². The van der Waals surface area contributed by atoms with Crippen LogP contribution in [0.15, 0.2) is 0 Å². The van der Waals surface area contributed by atoms with Crippen LogP contribution in [0, 0.1) is 11.8 Å². The first kappa shape index (κ1) is 61.1. The van der Waals surface area contributed by atoms with Crippen LogP contribution in [0.5, 0.6) is 0 Å². The number of alkyl carbamates (subject to hydrolysis) is 1. The molecule has 9 heteroatoms. The molecule has 1 N–H and O–H groups in total. The van der Waals surface area contributed by atoms with E-state index in [4.69, 9.17) is 14.2 Å². The van der Waals surface area contributed by atoms with Crippen LogP contribution < -0.4 is 5.32 Å². The van der Waals surface area contributed by atoms with Gasteiger partial charge in [-0.05, 0) is 111 Å². The number of nitrogens with one attached hydrogen (secondary N) is 1. The lowest BCUT2D eigenvalue weighted by Gasteiger charge is -2.20. The van der Waals surface area contributed by atoms with Crippen molar-refractivity contribution in [2.75, 3.05) is 60.5 Å². The molecule has 0 aromatic heterocycles. The van der Waals surface area contributed by atoms with Gasteiger partial charge in [-0.25, -0.2) is 4.79 Å². The van der Waals surface area contributed by atoms with Gasteiger partial charge in [0, 0.05) is 6.54 Å². The van der Waals surface area contributed by atoms with Crippen LogP contribution >= 0.6 is 0 Å². The fraction of sp³-hybridized carbons (Fsp3) is 0.944. The van der Waals surface area contributed by atoms with Gasteiger partial charge in [-0.15, -0.1) is 0 Å². The fourth-order valence-electron chi connectivity index (χ4n) is 8.56. The Bertz CT molecular complexity index is 924. The van der Waals surface area contributed by atoms with E-state index in [1.165, 1.54) is 135 Å². The van der Waals surface area contributed by atoms with E-state index in [0.717, 1.165) is 83.8 Å². The second kappa shape index (κ2) is 46.7. The summed E-state index contributed by atoms with van der Waals surface area (Å²) in [6.07, 6.45) is 37.8. The van der Waals surface area contributed by atoms with Gasteiger partial charge in [0.2, 0.25) is 0 Å². The van der Waals surface area contributed by atoms with Crippen molar-refractivity contribution in [3.63, 3.8) is 0 Å². The molecule has 0 aliphatic rings. The van der Waals surface area contributed by atoms with Crippen LogP contribution in [-0.2, 0) is 23.8 Å². The van der Waals surface area contributed by atoms with E-state index in [0.29, 0.717) is 45.4 Å². The summed E-state index contributed by atoms with van der Waals surface area (Å²) >= 11 is 0. The summed E-state index contributed by atoms with van der Waals surface area (Å²) in [4.78, 5) is 44.4. The Labute approximate surface area is 391 Å². The van der Waals surface area contributed by atoms with Crippen LogP contribution in [-0.4, -0.2) is 94.5 Å². The maximum absolute atomic E-state index is 13.4. The molecule has 0 atom stereocenters. The summed E-state index contributed by atoms with van der Waals surface area (Å²) in [6.45, 7) is 13.3. The first-order valence-corrected chi connectivity index (χ1v) is 27.3. The Balaban J connectivity index is 5.28. The number of amides is 1. The maximum Gasteiger partial charge on any atom is 0.407 e. The van der Waals surface area contributed by atoms with Crippen LogP contribution in [0.4, 0.5) is 4.79 Å². The lowest BCUT2D eigenvalue weighted by Crippen LogP contribution is -2.32. The Morgan fingerprint density at radius 2 is 0.762 bits per heavy atom. The van der Waals surface area contributed by atoms with Gasteiger partial charge >= 0.3 is 18.0 Å². The molecule has 0 fully saturated rings. The highest BCUT2D eigenvalue weighted by Gasteiger charge is 2.22. The van der Waals surface area contributed by atoms with Crippen molar-refractivity contribution in [2.24, 2.45) is 11.8 Å². The van der Waals surface area contributed by atoms with Crippen LogP contribution in [0.3, 0.4) is 0 Å². The van der Waals surface area contributed by atoms with E-state index in [-0.39, 0.29) is 29.9 Å². The number of hydrogen-bond donors (Lipinski definition) is 1. The molecule has 0 aromatic carbocycles. The molecule has 0 unspecified atom stereocenters. The highest BCUT2D eigenvalue weighted by atomic mass is 16.6. The molecule has 1 amide bonds. The van der Waals surface area contributed by atoms with E-state index < -0.39 is 6.09 Å². The predicted octanol–water partition coefficient (Wildman–Crippen LogP) is 14.6. The molecule has 0 saturated carbocycles.